The zero-order valence-corrected chi connectivity index (χ0v) is 16.9. The Kier molecular flexibility index (Phi) is 6.02. The Morgan fingerprint density at radius 3 is 2.37 bits per heavy atom. The Hall–Kier alpha value is -3.29. The summed E-state index contributed by atoms with van der Waals surface area (Å²) in [5, 5.41) is 3.00. The first kappa shape index (κ1) is 20.0. The number of alkyl carbamates (subject to hydrolysis) is 1. The van der Waals surface area contributed by atoms with Gasteiger partial charge in [-0.15, -0.1) is 0 Å². The molecule has 1 amide bonds. The first-order valence-electron chi connectivity index (χ1n) is 9.65. The number of benzene rings is 3. The molecule has 1 N–H and O–H groups in total. The number of carbonyl (C=O) groups is 1. The number of nitrogens with one attached hydrogen (secondary N) is 1. The zero-order chi connectivity index (χ0) is 20.9. The summed E-state index contributed by atoms with van der Waals surface area (Å²) in [5.41, 5.74) is 5.23. The van der Waals surface area contributed by atoms with E-state index in [2.05, 4.69) is 41.4 Å². The summed E-state index contributed by atoms with van der Waals surface area (Å²) < 4.78 is 18.8. The van der Waals surface area contributed by atoms with Gasteiger partial charge in [-0.05, 0) is 40.5 Å². The van der Waals surface area contributed by atoms with Gasteiger partial charge < -0.3 is 10.1 Å². The van der Waals surface area contributed by atoms with Gasteiger partial charge in [0.05, 0.1) is 0 Å². The molecular formula is C25H19ClFNO2. The molecule has 0 saturated heterocycles. The van der Waals surface area contributed by atoms with E-state index in [1.54, 1.807) is 6.07 Å². The standard InChI is InChI=1S/C25H19ClFNO2/c26-18-13-17(14-19(27)15-18)7-5-6-12-28-25(29)30-16-24-22-10-3-1-8-20(22)21-9-2-4-11-23(21)24/h1-4,8-11,13-15,24H,6,12,16H2,(H,28,29). The molecule has 0 aliphatic heterocycles. The molecule has 0 bridgehead atoms. The lowest BCUT2D eigenvalue weighted by molar-refractivity contribution is 0.143. The molecular weight excluding hydrogens is 401 g/mol. The third-order valence-corrected chi connectivity index (χ3v) is 5.18. The number of fused-ring (bicyclic) bond motifs is 3. The van der Waals surface area contributed by atoms with E-state index in [0.717, 1.165) is 0 Å². The number of ether oxygens (including phenoxy) is 1. The third kappa shape index (κ3) is 4.48. The molecule has 0 saturated carbocycles. The molecule has 1 aliphatic rings. The average Bonchev–Trinajstić information content (AvgIpc) is 3.05. The Morgan fingerprint density at radius 1 is 1.03 bits per heavy atom. The van der Waals surface area contributed by atoms with Gasteiger partial charge in [0.2, 0.25) is 0 Å². The van der Waals surface area contributed by atoms with Crippen molar-refractivity contribution in [1.82, 2.24) is 5.32 Å². The SMILES string of the molecule is O=C(NCCC#Cc1cc(F)cc(Cl)c1)OCC1c2ccccc2-c2ccccc21. The Labute approximate surface area is 179 Å². The summed E-state index contributed by atoms with van der Waals surface area (Å²) in [7, 11) is 0. The smallest absolute Gasteiger partial charge is 0.407 e. The van der Waals surface area contributed by atoms with Gasteiger partial charge in [-0.2, -0.15) is 0 Å². The Balaban J connectivity index is 1.29. The van der Waals surface area contributed by atoms with Crippen molar-refractivity contribution in [2.24, 2.45) is 0 Å². The number of amides is 1. The van der Waals surface area contributed by atoms with Gasteiger partial charge in [-0.25, -0.2) is 9.18 Å². The van der Waals surface area contributed by atoms with Crippen LogP contribution in [0.3, 0.4) is 0 Å². The number of hydrogen-bond donors (Lipinski definition) is 1. The van der Waals surface area contributed by atoms with Crippen molar-refractivity contribution in [3.05, 3.63) is 94.3 Å². The van der Waals surface area contributed by atoms with Crippen molar-refractivity contribution in [1.29, 1.82) is 0 Å². The molecule has 0 heterocycles. The fraction of sp³-hybridized carbons (Fsp3) is 0.160. The van der Waals surface area contributed by atoms with Crippen molar-refractivity contribution in [3.63, 3.8) is 0 Å². The van der Waals surface area contributed by atoms with E-state index >= 15 is 0 Å². The number of carbonyl (C=O) groups excluding carboxylic acids is 1. The van der Waals surface area contributed by atoms with E-state index < -0.39 is 11.9 Å². The van der Waals surface area contributed by atoms with Gasteiger partial charge in [-0.3, -0.25) is 0 Å². The summed E-state index contributed by atoms with van der Waals surface area (Å²) in [5.74, 6) is 5.32. The molecule has 0 unspecified atom stereocenters. The summed E-state index contributed by atoms with van der Waals surface area (Å²) in [6.07, 6.45) is -0.0642. The van der Waals surface area contributed by atoms with Crippen molar-refractivity contribution >= 4 is 17.7 Å². The van der Waals surface area contributed by atoms with Crippen LogP contribution in [0.4, 0.5) is 9.18 Å². The highest BCUT2D eigenvalue weighted by molar-refractivity contribution is 6.30. The average molecular weight is 420 g/mol. The second-order valence-electron chi connectivity index (χ2n) is 6.96. The second kappa shape index (κ2) is 9.02. The van der Waals surface area contributed by atoms with Crippen LogP contribution in [0.25, 0.3) is 11.1 Å². The molecule has 30 heavy (non-hydrogen) atoms. The predicted molar refractivity (Wildman–Crippen MR) is 116 cm³/mol. The van der Waals surface area contributed by atoms with Gasteiger partial charge >= 0.3 is 6.09 Å². The lowest BCUT2D eigenvalue weighted by atomic mass is 9.98. The number of rotatable bonds is 4. The maximum atomic E-state index is 13.3. The molecule has 1 aliphatic carbocycles. The highest BCUT2D eigenvalue weighted by atomic mass is 35.5. The highest BCUT2D eigenvalue weighted by Gasteiger charge is 2.28. The van der Waals surface area contributed by atoms with Crippen LogP contribution in [-0.2, 0) is 4.74 Å². The lowest BCUT2D eigenvalue weighted by Crippen LogP contribution is -2.26. The molecule has 0 atom stereocenters. The van der Waals surface area contributed by atoms with Crippen LogP contribution in [0.15, 0.2) is 66.7 Å². The van der Waals surface area contributed by atoms with Crippen molar-refractivity contribution in [3.8, 4) is 23.0 Å². The highest BCUT2D eigenvalue weighted by Crippen LogP contribution is 2.44. The van der Waals surface area contributed by atoms with Gasteiger partial charge in [0.15, 0.2) is 0 Å². The first-order valence-corrected chi connectivity index (χ1v) is 10.0. The second-order valence-corrected chi connectivity index (χ2v) is 7.40. The van der Waals surface area contributed by atoms with Crippen LogP contribution >= 0.6 is 11.6 Å². The minimum absolute atomic E-state index is 0.0284. The number of hydrogen-bond acceptors (Lipinski definition) is 2. The van der Waals surface area contributed by atoms with Crippen molar-refractivity contribution in [2.75, 3.05) is 13.2 Å². The molecule has 0 spiro atoms. The molecule has 3 aromatic carbocycles. The van der Waals surface area contributed by atoms with Gasteiger partial charge in [0.1, 0.15) is 12.4 Å². The van der Waals surface area contributed by atoms with Crippen LogP contribution in [-0.4, -0.2) is 19.2 Å². The monoisotopic (exact) mass is 419 g/mol. The molecule has 3 aromatic rings. The van der Waals surface area contributed by atoms with Gasteiger partial charge in [0, 0.05) is 29.5 Å². The predicted octanol–water partition coefficient (Wildman–Crippen LogP) is 5.76. The van der Waals surface area contributed by atoms with E-state index in [1.165, 1.54) is 34.4 Å². The topological polar surface area (TPSA) is 38.3 Å². The van der Waals surface area contributed by atoms with E-state index in [9.17, 15) is 9.18 Å². The third-order valence-electron chi connectivity index (χ3n) is 4.96. The molecule has 5 heteroatoms. The van der Waals surface area contributed by atoms with E-state index in [1.807, 2.05) is 24.3 Å². The Morgan fingerprint density at radius 2 is 1.70 bits per heavy atom. The van der Waals surface area contributed by atoms with Gasteiger partial charge in [-0.1, -0.05) is 72.0 Å². The quantitative estimate of drug-likeness (QED) is 0.431. The number of halogens is 2. The van der Waals surface area contributed by atoms with E-state index in [4.69, 9.17) is 16.3 Å². The maximum absolute atomic E-state index is 13.3. The molecule has 0 fully saturated rings. The minimum Gasteiger partial charge on any atom is -0.449 e. The maximum Gasteiger partial charge on any atom is 0.407 e. The van der Waals surface area contributed by atoms with E-state index in [-0.39, 0.29) is 12.5 Å². The first-order chi connectivity index (χ1) is 14.6. The van der Waals surface area contributed by atoms with Crippen LogP contribution in [0.2, 0.25) is 5.02 Å². The molecule has 150 valence electrons. The fourth-order valence-electron chi connectivity index (χ4n) is 3.67. The van der Waals surface area contributed by atoms with Gasteiger partial charge in [0.25, 0.3) is 0 Å². The van der Waals surface area contributed by atoms with Crippen LogP contribution in [0.1, 0.15) is 29.0 Å². The zero-order valence-electron chi connectivity index (χ0n) is 16.1. The van der Waals surface area contributed by atoms with Crippen molar-refractivity contribution < 1.29 is 13.9 Å². The molecule has 0 radical (unpaired) electrons. The lowest BCUT2D eigenvalue weighted by Gasteiger charge is -2.14. The van der Waals surface area contributed by atoms with Crippen LogP contribution < -0.4 is 5.32 Å². The summed E-state index contributed by atoms with van der Waals surface area (Å²) in [6.45, 7) is 0.611. The molecule has 4 rings (SSSR count). The normalized spacial score (nSPS) is 11.8. The van der Waals surface area contributed by atoms with E-state index in [0.29, 0.717) is 23.6 Å². The van der Waals surface area contributed by atoms with Crippen LogP contribution in [0, 0.1) is 17.7 Å². The summed E-state index contributed by atoms with van der Waals surface area (Å²) in [6, 6.07) is 20.5. The Bertz CT molecular complexity index is 1080. The summed E-state index contributed by atoms with van der Waals surface area (Å²) in [4.78, 5) is 12.1. The molecule has 3 nitrogen and oxygen atoms in total. The van der Waals surface area contributed by atoms with Crippen molar-refractivity contribution in [2.45, 2.75) is 12.3 Å². The van der Waals surface area contributed by atoms with Crippen LogP contribution in [0.5, 0.6) is 0 Å². The minimum atomic E-state index is -0.479. The summed E-state index contributed by atoms with van der Waals surface area (Å²) >= 11 is 5.80. The largest absolute Gasteiger partial charge is 0.449 e. The molecule has 0 aromatic heterocycles. The fourth-order valence-corrected chi connectivity index (χ4v) is 3.89.